The minimum Gasteiger partial charge on any atom is -0.383 e. The number of rotatable bonds is 12. The third-order valence-electron chi connectivity index (χ3n) is 4.29. The molecular weight excluding hydrogens is 403 g/mol. The van der Waals surface area contributed by atoms with E-state index in [4.69, 9.17) is 19.9 Å². The van der Waals surface area contributed by atoms with Crippen molar-refractivity contribution in [2.45, 2.75) is 19.6 Å². The van der Waals surface area contributed by atoms with Gasteiger partial charge in [-0.15, -0.1) is 0 Å². The van der Waals surface area contributed by atoms with Gasteiger partial charge < -0.3 is 30.2 Å². The lowest BCUT2D eigenvalue weighted by Gasteiger charge is -2.14. The zero-order valence-electron chi connectivity index (χ0n) is 17.6. The third kappa shape index (κ3) is 6.05. The number of aromatic amines is 1. The zero-order chi connectivity index (χ0) is 22.1. The summed E-state index contributed by atoms with van der Waals surface area (Å²) in [6.45, 7) is 3.53. The standard InChI is InChI=1S/C21H27FN6O3/c1-3-11-30-20(31-13-23)19-27-17(14-4-6-15(22)7-5-14)18(28-19)16-8-9-24-21(26-16)25-10-12-29-2/h4-9,20H,3,10-13,23H2,1-2H3,(H,27,28)(H,24,25,26). The minimum absolute atomic E-state index is 0.0304. The van der Waals surface area contributed by atoms with Gasteiger partial charge in [0.1, 0.15) is 5.82 Å². The van der Waals surface area contributed by atoms with Crippen LogP contribution in [0.15, 0.2) is 36.5 Å². The maximum absolute atomic E-state index is 13.5. The Labute approximate surface area is 180 Å². The molecule has 4 N–H and O–H groups in total. The van der Waals surface area contributed by atoms with Crippen LogP contribution in [-0.4, -0.2) is 53.5 Å². The molecule has 0 fully saturated rings. The summed E-state index contributed by atoms with van der Waals surface area (Å²) in [5.74, 6) is 0.567. The second-order valence-electron chi connectivity index (χ2n) is 6.57. The second kappa shape index (κ2) is 11.5. The van der Waals surface area contributed by atoms with Gasteiger partial charge in [0.15, 0.2) is 5.82 Å². The first-order valence-corrected chi connectivity index (χ1v) is 10.0. The summed E-state index contributed by atoms with van der Waals surface area (Å²) in [4.78, 5) is 16.7. The van der Waals surface area contributed by atoms with E-state index in [2.05, 4.69) is 25.3 Å². The number of imidazole rings is 1. The summed E-state index contributed by atoms with van der Waals surface area (Å²) < 4.78 is 29.8. The van der Waals surface area contributed by atoms with Gasteiger partial charge in [-0.3, -0.25) is 0 Å². The molecule has 0 amide bonds. The number of nitrogens with two attached hydrogens (primary N) is 1. The van der Waals surface area contributed by atoms with E-state index >= 15 is 0 Å². The normalized spacial score (nSPS) is 12.1. The summed E-state index contributed by atoms with van der Waals surface area (Å²) in [5, 5.41) is 3.10. The summed E-state index contributed by atoms with van der Waals surface area (Å²) in [5.41, 5.74) is 8.11. The van der Waals surface area contributed by atoms with Crippen LogP contribution in [0.3, 0.4) is 0 Å². The van der Waals surface area contributed by atoms with Gasteiger partial charge in [0.2, 0.25) is 12.2 Å². The van der Waals surface area contributed by atoms with Crippen molar-refractivity contribution in [3.63, 3.8) is 0 Å². The van der Waals surface area contributed by atoms with Gasteiger partial charge in [0.05, 0.1) is 30.4 Å². The molecule has 0 radical (unpaired) electrons. The topological polar surface area (TPSA) is 120 Å². The minimum atomic E-state index is -0.765. The van der Waals surface area contributed by atoms with Crippen LogP contribution in [0.1, 0.15) is 25.5 Å². The molecule has 10 heteroatoms. The number of benzene rings is 1. The Hall–Kier alpha value is -2.92. The maximum atomic E-state index is 13.5. The van der Waals surface area contributed by atoms with Gasteiger partial charge >= 0.3 is 0 Å². The van der Waals surface area contributed by atoms with Crippen molar-refractivity contribution >= 4 is 5.95 Å². The number of nitrogens with zero attached hydrogens (tertiary/aromatic N) is 3. The number of H-pyrrole nitrogens is 1. The van der Waals surface area contributed by atoms with Crippen LogP contribution in [0.5, 0.6) is 0 Å². The van der Waals surface area contributed by atoms with Crippen LogP contribution >= 0.6 is 0 Å². The van der Waals surface area contributed by atoms with Crippen molar-refractivity contribution in [2.24, 2.45) is 5.73 Å². The molecule has 0 saturated heterocycles. The van der Waals surface area contributed by atoms with E-state index in [-0.39, 0.29) is 12.5 Å². The fourth-order valence-electron chi connectivity index (χ4n) is 2.87. The van der Waals surface area contributed by atoms with Crippen LogP contribution < -0.4 is 11.1 Å². The van der Waals surface area contributed by atoms with E-state index in [0.717, 1.165) is 6.42 Å². The van der Waals surface area contributed by atoms with Gasteiger partial charge in [0, 0.05) is 32.0 Å². The summed E-state index contributed by atoms with van der Waals surface area (Å²) in [6.07, 6.45) is 1.69. The van der Waals surface area contributed by atoms with Gasteiger partial charge in [-0.25, -0.2) is 19.3 Å². The van der Waals surface area contributed by atoms with Gasteiger partial charge in [-0.1, -0.05) is 6.92 Å². The van der Waals surface area contributed by atoms with Gasteiger partial charge in [-0.05, 0) is 36.8 Å². The number of methoxy groups -OCH3 is 1. The average Bonchev–Trinajstić information content (AvgIpc) is 3.23. The number of halogens is 1. The lowest BCUT2D eigenvalue weighted by molar-refractivity contribution is -0.149. The van der Waals surface area contributed by atoms with E-state index in [9.17, 15) is 4.39 Å². The quantitative estimate of drug-likeness (QED) is 0.296. The average molecular weight is 430 g/mol. The molecule has 0 saturated carbocycles. The summed E-state index contributed by atoms with van der Waals surface area (Å²) in [6, 6.07) is 7.84. The Kier molecular flexibility index (Phi) is 8.42. The fraction of sp³-hybridized carbons (Fsp3) is 0.381. The highest BCUT2D eigenvalue weighted by Gasteiger charge is 2.22. The molecule has 1 atom stereocenters. The molecule has 0 aliphatic rings. The van der Waals surface area contributed by atoms with Crippen LogP contribution in [0.25, 0.3) is 22.6 Å². The van der Waals surface area contributed by atoms with E-state index < -0.39 is 6.29 Å². The Morgan fingerprint density at radius 3 is 2.65 bits per heavy atom. The van der Waals surface area contributed by atoms with Crippen molar-refractivity contribution in [3.05, 3.63) is 48.2 Å². The molecule has 166 valence electrons. The Balaban J connectivity index is 2.02. The Bertz CT molecular complexity index is 951. The number of ether oxygens (including phenoxy) is 3. The molecular formula is C21H27FN6O3. The summed E-state index contributed by atoms with van der Waals surface area (Å²) >= 11 is 0. The highest BCUT2D eigenvalue weighted by atomic mass is 19.1. The smallest absolute Gasteiger partial charge is 0.223 e. The lowest BCUT2D eigenvalue weighted by Crippen LogP contribution is -2.16. The maximum Gasteiger partial charge on any atom is 0.223 e. The summed E-state index contributed by atoms with van der Waals surface area (Å²) in [7, 11) is 1.63. The molecule has 31 heavy (non-hydrogen) atoms. The van der Waals surface area contributed by atoms with Crippen molar-refractivity contribution < 1.29 is 18.6 Å². The number of hydrogen-bond donors (Lipinski definition) is 3. The Morgan fingerprint density at radius 2 is 1.94 bits per heavy atom. The van der Waals surface area contributed by atoms with Crippen molar-refractivity contribution in [2.75, 3.05) is 38.9 Å². The Morgan fingerprint density at radius 1 is 1.13 bits per heavy atom. The molecule has 2 aromatic heterocycles. The third-order valence-corrected chi connectivity index (χ3v) is 4.29. The molecule has 1 aromatic carbocycles. The monoisotopic (exact) mass is 430 g/mol. The first-order valence-electron chi connectivity index (χ1n) is 10.0. The van der Waals surface area contributed by atoms with Crippen LogP contribution in [0, 0.1) is 5.82 Å². The number of anilines is 1. The van der Waals surface area contributed by atoms with E-state index in [0.29, 0.717) is 54.2 Å². The highest BCUT2D eigenvalue weighted by molar-refractivity contribution is 5.77. The van der Waals surface area contributed by atoms with Crippen molar-refractivity contribution in [1.82, 2.24) is 19.9 Å². The molecule has 9 nitrogen and oxygen atoms in total. The van der Waals surface area contributed by atoms with Crippen LogP contribution in [0.4, 0.5) is 10.3 Å². The van der Waals surface area contributed by atoms with Gasteiger partial charge in [-0.2, -0.15) is 0 Å². The molecule has 2 heterocycles. The van der Waals surface area contributed by atoms with E-state index in [1.165, 1.54) is 12.1 Å². The molecule has 1 unspecified atom stereocenters. The number of hydrogen-bond acceptors (Lipinski definition) is 8. The molecule has 0 aliphatic carbocycles. The molecule has 0 spiro atoms. The predicted molar refractivity (Wildman–Crippen MR) is 114 cm³/mol. The van der Waals surface area contributed by atoms with Crippen LogP contribution in [-0.2, 0) is 14.2 Å². The van der Waals surface area contributed by atoms with Gasteiger partial charge in [0.25, 0.3) is 0 Å². The zero-order valence-corrected chi connectivity index (χ0v) is 17.6. The van der Waals surface area contributed by atoms with E-state index in [1.54, 1.807) is 31.5 Å². The predicted octanol–water partition coefficient (Wildman–Crippen LogP) is 3.09. The first kappa shape index (κ1) is 22.8. The largest absolute Gasteiger partial charge is 0.383 e. The molecule has 3 aromatic rings. The molecule has 3 rings (SSSR count). The van der Waals surface area contributed by atoms with Crippen molar-refractivity contribution in [3.8, 4) is 22.6 Å². The first-order chi connectivity index (χ1) is 15.2. The second-order valence-corrected chi connectivity index (χ2v) is 6.57. The van der Waals surface area contributed by atoms with Crippen molar-refractivity contribution in [1.29, 1.82) is 0 Å². The van der Waals surface area contributed by atoms with Crippen LogP contribution in [0.2, 0.25) is 0 Å². The van der Waals surface area contributed by atoms with E-state index in [1.807, 2.05) is 6.92 Å². The SMILES string of the molecule is CCCOC(OCN)c1nc(-c2ccc(F)cc2)c(-c2ccnc(NCCOC)n2)[nH]1. The molecule has 0 aliphatic heterocycles. The fourth-order valence-corrected chi connectivity index (χ4v) is 2.87. The highest BCUT2D eigenvalue weighted by Crippen LogP contribution is 2.32. The number of nitrogens with one attached hydrogen (secondary N) is 2. The molecule has 0 bridgehead atoms. The lowest BCUT2D eigenvalue weighted by atomic mass is 10.1. The number of aromatic nitrogens is 4.